The molecule has 1 aromatic heterocycles. The molecule has 3 rings (SSSR count). The molecule has 0 fully saturated rings. The summed E-state index contributed by atoms with van der Waals surface area (Å²) in [5.74, 6) is 1.62. The Hall–Kier alpha value is -3.42. The van der Waals surface area contributed by atoms with Gasteiger partial charge in [0, 0.05) is 38.3 Å². The van der Waals surface area contributed by atoms with Crippen LogP contribution in [-0.2, 0) is 13.1 Å². The van der Waals surface area contributed by atoms with E-state index in [4.69, 9.17) is 0 Å². The number of aryl methyl sites for hydroxylation is 2. The van der Waals surface area contributed by atoms with E-state index in [-0.39, 0.29) is 10.6 Å². The van der Waals surface area contributed by atoms with Crippen molar-refractivity contribution in [3.63, 3.8) is 0 Å². The minimum absolute atomic E-state index is 0.105. The Labute approximate surface area is 163 Å². The second-order valence-corrected chi connectivity index (χ2v) is 6.39. The van der Waals surface area contributed by atoms with Crippen molar-refractivity contribution in [3.8, 4) is 0 Å². The van der Waals surface area contributed by atoms with Crippen LogP contribution in [0.15, 0.2) is 53.5 Å². The number of nitrogens with zero attached hydrogens (tertiary/aromatic N) is 4. The Morgan fingerprint density at radius 2 is 1.93 bits per heavy atom. The van der Waals surface area contributed by atoms with Crippen molar-refractivity contribution in [2.24, 2.45) is 4.99 Å². The van der Waals surface area contributed by atoms with Gasteiger partial charge in [0.2, 0.25) is 0 Å². The van der Waals surface area contributed by atoms with Crippen LogP contribution in [0.4, 0.5) is 5.69 Å². The summed E-state index contributed by atoms with van der Waals surface area (Å²) in [7, 11) is 1.68. The number of hydrogen-bond acceptors (Lipinski definition) is 4. The van der Waals surface area contributed by atoms with E-state index in [1.807, 2.05) is 25.1 Å². The number of aromatic nitrogens is 2. The smallest absolute Gasteiger partial charge is 0.274 e. The second kappa shape index (κ2) is 8.98. The van der Waals surface area contributed by atoms with Gasteiger partial charge in [-0.3, -0.25) is 15.1 Å². The average molecular weight is 380 g/mol. The quantitative estimate of drug-likeness (QED) is 0.216. The Balaban J connectivity index is 1.51. The predicted octanol–water partition coefficient (Wildman–Crippen LogP) is 3.01. The van der Waals surface area contributed by atoms with E-state index in [2.05, 4.69) is 31.2 Å². The first kappa shape index (κ1) is 19.3. The minimum atomic E-state index is -0.370. The summed E-state index contributed by atoms with van der Waals surface area (Å²) < 4.78 is 2.21. The molecular weight excluding hydrogens is 356 g/mol. The van der Waals surface area contributed by atoms with Crippen LogP contribution in [0.2, 0.25) is 0 Å². The van der Waals surface area contributed by atoms with Crippen LogP contribution in [0.1, 0.15) is 17.8 Å². The van der Waals surface area contributed by atoms with Crippen LogP contribution < -0.4 is 10.6 Å². The van der Waals surface area contributed by atoms with E-state index in [9.17, 15) is 10.1 Å². The molecule has 3 aromatic rings. The van der Waals surface area contributed by atoms with Crippen LogP contribution in [0.3, 0.4) is 0 Å². The highest BCUT2D eigenvalue weighted by atomic mass is 16.6. The van der Waals surface area contributed by atoms with Crippen LogP contribution in [0.25, 0.3) is 11.0 Å². The summed E-state index contributed by atoms with van der Waals surface area (Å²) in [5, 5.41) is 17.5. The zero-order valence-corrected chi connectivity index (χ0v) is 16.1. The molecular formula is C20H24N6O2. The number of imidazole rings is 1. The fourth-order valence-corrected chi connectivity index (χ4v) is 3.16. The van der Waals surface area contributed by atoms with Gasteiger partial charge in [-0.25, -0.2) is 4.98 Å². The summed E-state index contributed by atoms with van der Waals surface area (Å²) in [4.78, 5) is 19.5. The van der Waals surface area contributed by atoms with Crippen LogP contribution in [-0.4, -0.2) is 34.0 Å². The van der Waals surface area contributed by atoms with Gasteiger partial charge in [0.15, 0.2) is 5.96 Å². The van der Waals surface area contributed by atoms with Gasteiger partial charge in [0.05, 0.1) is 16.0 Å². The fraction of sp³-hybridized carbons (Fsp3) is 0.300. The number of nitro groups is 1. The third-order valence-corrected chi connectivity index (χ3v) is 4.55. The summed E-state index contributed by atoms with van der Waals surface area (Å²) in [6.45, 7) is 3.92. The molecule has 0 aliphatic rings. The van der Waals surface area contributed by atoms with Crippen LogP contribution in [0, 0.1) is 17.0 Å². The average Bonchev–Trinajstić information content (AvgIpc) is 3.02. The van der Waals surface area contributed by atoms with E-state index >= 15 is 0 Å². The predicted molar refractivity (Wildman–Crippen MR) is 110 cm³/mol. The number of hydrogen-bond donors (Lipinski definition) is 2. The molecule has 0 aliphatic heterocycles. The second-order valence-electron chi connectivity index (χ2n) is 6.39. The lowest BCUT2D eigenvalue weighted by molar-refractivity contribution is -0.385. The summed E-state index contributed by atoms with van der Waals surface area (Å²) >= 11 is 0. The molecule has 0 radical (unpaired) electrons. The number of guanidine groups is 1. The summed E-state index contributed by atoms with van der Waals surface area (Å²) in [6, 6.07) is 14.8. The molecule has 2 aromatic carbocycles. The first-order valence-corrected chi connectivity index (χ1v) is 9.19. The first-order chi connectivity index (χ1) is 13.6. The highest BCUT2D eigenvalue weighted by Crippen LogP contribution is 2.17. The number of nitrogens with one attached hydrogen (secondary N) is 2. The molecule has 0 saturated carbocycles. The maximum absolute atomic E-state index is 11.1. The lowest BCUT2D eigenvalue weighted by atomic mass is 10.2. The number of fused-ring (bicyclic) bond motifs is 1. The van der Waals surface area contributed by atoms with Crippen LogP contribution in [0.5, 0.6) is 0 Å². The summed E-state index contributed by atoms with van der Waals surface area (Å²) in [5.41, 5.74) is 2.87. The molecule has 0 amide bonds. The van der Waals surface area contributed by atoms with Crippen molar-refractivity contribution < 1.29 is 4.92 Å². The van der Waals surface area contributed by atoms with Gasteiger partial charge in [-0.1, -0.05) is 30.3 Å². The number of para-hydroxylation sites is 3. The molecule has 0 spiro atoms. The third kappa shape index (κ3) is 4.46. The minimum Gasteiger partial charge on any atom is -0.356 e. The molecule has 0 bridgehead atoms. The molecule has 146 valence electrons. The van der Waals surface area contributed by atoms with E-state index in [1.165, 1.54) is 6.07 Å². The molecule has 8 heteroatoms. The molecule has 0 atom stereocenters. The maximum Gasteiger partial charge on any atom is 0.274 e. The monoisotopic (exact) mass is 380 g/mol. The van der Waals surface area contributed by atoms with Crippen LogP contribution >= 0.6 is 0 Å². The third-order valence-electron chi connectivity index (χ3n) is 4.55. The van der Waals surface area contributed by atoms with Crippen molar-refractivity contribution in [2.75, 3.05) is 13.6 Å². The molecule has 0 aliphatic carbocycles. The van der Waals surface area contributed by atoms with Crippen molar-refractivity contribution >= 4 is 22.7 Å². The van der Waals surface area contributed by atoms with E-state index in [0.717, 1.165) is 36.4 Å². The van der Waals surface area contributed by atoms with Crippen molar-refractivity contribution in [3.05, 3.63) is 70.0 Å². The van der Waals surface area contributed by atoms with Crippen molar-refractivity contribution in [2.45, 2.75) is 26.4 Å². The number of rotatable bonds is 7. The van der Waals surface area contributed by atoms with Crippen molar-refractivity contribution in [1.29, 1.82) is 0 Å². The van der Waals surface area contributed by atoms with Gasteiger partial charge < -0.3 is 15.2 Å². The van der Waals surface area contributed by atoms with Gasteiger partial charge in [-0.2, -0.15) is 0 Å². The lowest BCUT2D eigenvalue weighted by Crippen LogP contribution is -2.37. The van der Waals surface area contributed by atoms with Crippen molar-refractivity contribution in [1.82, 2.24) is 20.2 Å². The number of benzene rings is 2. The SMILES string of the molecule is CN=C(NCCCn1c(C)nc2ccccc21)NCc1ccccc1[N+](=O)[O-]. The fourth-order valence-electron chi connectivity index (χ4n) is 3.16. The van der Waals surface area contributed by atoms with Gasteiger partial charge in [-0.15, -0.1) is 0 Å². The van der Waals surface area contributed by atoms with Gasteiger partial charge >= 0.3 is 0 Å². The van der Waals surface area contributed by atoms with E-state index in [0.29, 0.717) is 18.1 Å². The normalized spacial score (nSPS) is 11.6. The highest BCUT2D eigenvalue weighted by Gasteiger charge is 2.12. The van der Waals surface area contributed by atoms with Gasteiger partial charge in [0.25, 0.3) is 5.69 Å². The number of nitro benzene ring substituents is 1. The zero-order chi connectivity index (χ0) is 19.9. The molecule has 2 N–H and O–H groups in total. The molecule has 0 saturated heterocycles. The molecule has 0 unspecified atom stereocenters. The summed E-state index contributed by atoms with van der Waals surface area (Å²) in [6.07, 6.45) is 0.896. The Morgan fingerprint density at radius 3 is 2.71 bits per heavy atom. The molecule has 8 nitrogen and oxygen atoms in total. The first-order valence-electron chi connectivity index (χ1n) is 9.19. The Kier molecular flexibility index (Phi) is 6.21. The Morgan fingerprint density at radius 1 is 1.18 bits per heavy atom. The van der Waals surface area contributed by atoms with Gasteiger partial charge in [0.1, 0.15) is 5.82 Å². The van der Waals surface area contributed by atoms with E-state index in [1.54, 1.807) is 25.2 Å². The highest BCUT2D eigenvalue weighted by molar-refractivity contribution is 5.79. The zero-order valence-electron chi connectivity index (χ0n) is 16.1. The van der Waals surface area contributed by atoms with E-state index < -0.39 is 0 Å². The number of aliphatic imine (C=N–C) groups is 1. The Bertz CT molecular complexity index is 995. The topological polar surface area (TPSA) is 97.4 Å². The molecule has 28 heavy (non-hydrogen) atoms. The lowest BCUT2D eigenvalue weighted by Gasteiger charge is -2.13. The maximum atomic E-state index is 11.1. The largest absolute Gasteiger partial charge is 0.356 e. The van der Waals surface area contributed by atoms with Gasteiger partial charge in [-0.05, 0) is 25.5 Å². The molecule has 1 heterocycles. The standard InChI is InChI=1S/C20H24N6O2/c1-15-24-17-9-4-6-11-19(17)25(15)13-7-12-22-20(21-2)23-14-16-8-3-5-10-18(16)26(27)28/h3-6,8-11H,7,12-14H2,1-2H3,(H2,21,22,23).